The van der Waals surface area contributed by atoms with Crippen LogP contribution in [0.1, 0.15) is 28.8 Å². The Labute approximate surface area is 137 Å². The minimum Gasteiger partial charge on any atom is -0.370 e. The van der Waals surface area contributed by atoms with E-state index in [1.165, 1.54) is 25.4 Å². The molecular formula is C16H12F6N2O. The fourth-order valence-corrected chi connectivity index (χ4v) is 3.34. The number of benzene rings is 1. The molecule has 134 valence electrons. The van der Waals surface area contributed by atoms with Crippen LogP contribution in [0.25, 0.3) is 12.2 Å². The van der Waals surface area contributed by atoms with Crippen molar-refractivity contribution in [3.63, 3.8) is 0 Å². The summed E-state index contributed by atoms with van der Waals surface area (Å²) in [6, 6.07) is -1.08. The van der Waals surface area contributed by atoms with Crippen molar-refractivity contribution >= 4 is 36.0 Å². The normalized spacial score (nSPS) is 19.2. The Morgan fingerprint density at radius 3 is 2.48 bits per heavy atom. The van der Waals surface area contributed by atoms with Gasteiger partial charge in [0.15, 0.2) is 6.29 Å². The molecule has 0 saturated heterocycles. The first-order valence-electron chi connectivity index (χ1n) is 7.31. The van der Waals surface area contributed by atoms with Crippen molar-refractivity contribution in [2.75, 3.05) is 11.9 Å². The number of hydrogen-bond donors (Lipinski definition) is 0. The summed E-state index contributed by atoms with van der Waals surface area (Å²) in [6.07, 6.45) is -6.47. The van der Waals surface area contributed by atoms with E-state index < -0.39 is 35.9 Å². The topological polar surface area (TPSA) is 32.7 Å². The van der Waals surface area contributed by atoms with Crippen molar-refractivity contribution < 1.29 is 31.1 Å². The van der Waals surface area contributed by atoms with Gasteiger partial charge in [0.25, 0.3) is 0 Å². The van der Waals surface area contributed by atoms with Crippen LogP contribution in [-0.4, -0.2) is 31.8 Å². The van der Waals surface area contributed by atoms with E-state index in [-0.39, 0.29) is 29.3 Å². The number of halogens is 6. The smallest absolute Gasteiger partial charge is 0.370 e. The Hall–Kier alpha value is -2.32. The van der Waals surface area contributed by atoms with E-state index in [1.807, 2.05) is 0 Å². The van der Waals surface area contributed by atoms with Crippen molar-refractivity contribution in [2.45, 2.75) is 31.2 Å². The molecule has 25 heavy (non-hydrogen) atoms. The predicted octanol–water partition coefficient (Wildman–Crippen LogP) is 2.96. The maximum atomic E-state index is 13.5. The summed E-state index contributed by atoms with van der Waals surface area (Å²) in [5.74, 6) is 0. The molecule has 0 N–H and O–H groups in total. The van der Waals surface area contributed by atoms with E-state index in [0.29, 0.717) is 5.22 Å². The van der Waals surface area contributed by atoms with E-state index in [1.54, 1.807) is 0 Å². The lowest BCUT2D eigenvalue weighted by Gasteiger charge is -2.35. The molecule has 2 heterocycles. The molecule has 0 aliphatic carbocycles. The third kappa shape index (κ3) is 2.91. The average Bonchev–Trinajstić information content (AvgIpc) is 2.94. The first kappa shape index (κ1) is 17.5. The molecule has 0 amide bonds. The Morgan fingerprint density at radius 1 is 1.24 bits per heavy atom. The second kappa shape index (κ2) is 5.60. The molecular weight excluding hydrogens is 350 g/mol. The molecule has 1 aromatic carbocycles. The molecule has 0 aromatic heterocycles. The van der Waals surface area contributed by atoms with E-state index in [2.05, 4.69) is 4.99 Å². The number of alkyl halides is 6. The van der Waals surface area contributed by atoms with Gasteiger partial charge in [0.05, 0.1) is 28.9 Å². The molecule has 1 aromatic rings. The van der Waals surface area contributed by atoms with Gasteiger partial charge in [-0.05, 0) is 12.5 Å². The number of carbonyl (C=O) groups is 1. The summed E-state index contributed by atoms with van der Waals surface area (Å²) < 4.78 is 78.7. The molecule has 0 radical (unpaired) electrons. The monoisotopic (exact) mass is 362 g/mol. The first-order chi connectivity index (χ1) is 11.5. The Kier molecular flexibility index (Phi) is 3.92. The number of carbonyl (C=O) groups excluding carboxylic acids is 1. The highest BCUT2D eigenvalue weighted by Crippen LogP contribution is 2.40. The number of fused-ring (bicyclic) bond motifs is 3. The summed E-state index contributed by atoms with van der Waals surface area (Å²) in [5, 5.41) is 0.480. The van der Waals surface area contributed by atoms with Crippen LogP contribution < -0.4 is 15.3 Å². The highest BCUT2D eigenvalue weighted by atomic mass is 19.4. The molecule has 1 atom stereocenters. The van der Waals surface area contributed by atoms with Crippen molar-refractivity contribution in [2.24, 2.45) is 4.99 Å². The van der Waals surface area contributed by atoms with Gasteiger partial charge in [0, 0.05) is 29.7 Å². The molecule has 3 nitrogen and oxygen atoms in total. The molecule has 0 saturated carbocycles. The zero-order chi connectivity index (χ0) is 18.6. The van der Waals surface area contributed by atoms with Crippen molar-refractivity contribution in [1.82, 2.24) is 0 Å². The largest absolute Gasteiger partial charge is 0.419 e. The van der Waals surface area contributed by atoms with E-state index in [0.717, 1.165) is 4.90 Å². The zero-order valence-corrected chi connectivity index (χ0v) is 12.9. The maximum Gasteiger partial charge on any atom is 0.419 e. The number of aliphatic imine (C=N–C) groups is 1. The predicted molar refractivity (Wildman–Crippen MR) is 80.6 cm³/mol. The van der Waals surface area contributed by atoms with Crippen molar-refractivity contribution in [3.05, 3.63) is 21.6 Å². The number of aldehydes is 1. The minimum atomic E-state index is -4.86. The molecule has 0 fully saturated rings. The highest BCUT2D eigenvalue weighted by Gasteiger charge is 2.42. The third-order valence-electron chi connectivity index (χ3n) is 4.37. The van der Waals surface area contributed by atoms with Crippen LogP contribution in [0.2, 0.25) is 0 Å². The Balaban J connectivity index is 2.30. The van der Waals surface area contributed by atoms with Crippen LogP contribution in [0, 0.1) is 0 Å². The van der Waals surface area contributed by atoms with Gasteiger partial charge in [-0.1, -0.05) is 6.08 Å². The van der Waals surface area contributed by atoms with Gasteiger partial charge in [0.1, 0.15) is 0 Å². The Morgan fingerprint density at radius 2 is 1.92 bits per heavy atom. The lowest BCUT2D eigenvalue weighted by molar-refractivity contribution is -0.139. The quantitative estimate of drug-likeness (QED) is 0.599. The molecule has 0 spiro atoms. The zero-order valence-electron chi connectivity index (χ0n) is 12.9. The van der Waals surface area contributed by atoms with Crippen LogP contribution in [0.15, 0.2) is 4.99 Å². The fourth-order valence-electron chi connectivity index (χ4n) is 3.34. The maximum absolute atomic E-state index is 13.5. The summed E-state index contributed by atoms with van der Waals surface area (Å²) in [7, 11) is 1.28. The number of hydrogen-bond acceptors (Lipinski definition) is 3. The van der Waals surface area contributed by atoms with Crippen molar-refractivity contribution in [1.29, 1.82) is 0 Å². The highest BCUT2D eigenvalue weighted by molar-refractivity contribution is 6.01. The SMILES string of the molecule is CN1c2c(C=O)c(C(F)(F)F)c3c(c2=CCC1CC(F)(F)F)=CC=N3. The molecule has 2 aliphatic heterocycles. The second-order valence-electron chi connectivity index (χ2n) is 5.90. The van der Waals surface area contributed by atoms with Crippen LogP contribution in [0.3, 0.4) is 0 Å². The fraction of sp³-hybridized carbons (Fsp3) is 0.375. The van der Waals surface area contributed by atoms with Gasteiger partial charge < -0.3 is 4.90 Å². The molecule has 9 heteroatoms. The van der Waals surface area contributed by atoms with Gasteiger partial charge in [-0.15, -0.1) is 0 Å². The lowest BCUT2D eigenvalue weighted by Crippen LogP contribution is -2.46. The molecule has 2 aliphatic rings. The van der Waals surface area contributed by atoms with E-state index in [9.17, 15) is 31.1 Å². The van der Waals surface area contributed by atoms with E-state index in [4.69, 9.17) is 0 Å². The average molecular weight is 362 g/mol. The van der Waals surface area contributed by atoms with Crippen LogP contribution in [0.4, 0.5) is 37.7 Å². The van der Waals surface area contributed by atoms with Gasteiger partial charge in [-0.2, -0.15) is 26.3 Å². The van der Waals surface area contributed by atoms with Gasteiger partial charge in [-0.25, -0.2) is 0 Å². The van der Waals surface area contributed by atoms with Crippen LogP contribution >= 0.6 is 0 Å². The van der Waals surface area contributed by atoms with E-state index >= 15 is 0 Å². The molecule has 0 bridgehead atoms. The van der Waals surface area contributed by atoms with Gasteiger partial charge in [-0.3, -0.25) is 9.79 Å². The number of rotatable bonds is 2. The first-order valence-corrected chi connectivity index (χ1v) is 7.31. The van der Waals surface area contributed by atoms with Crippen LogP contribution in [0.5, 0.6) is 0 Å². The summed E-state index contributed by atoms with van der Waals surface area (Å²) in [4.78, 5) is 16.3. The summed E-state index contributed by atoms with van der Waals surface area (Å²) in [5.41, 5.74) is -2.40. The minimum absolute atomic E-state index is 0.00690. The number of nitrogens with zero attached hydrogens (tertiary/aromatic N) is 2. The standard InChI is InChI=1S/C16H12F6N2O/c1-24-8(6-15(17,18)19)2-3-10-9-4-5-23-13(9)12(16(20,21)22)11(7-25)14(10)24/h3-5,7-8H,2,6H2,1H3. The van der Waals surface area contributed by atoms with Crippen LogP contribution in [-0.2, 0) is 6.18 Å². The Bertz CT molecular complexity index is 882. The van der Waals surface area contributed by atoms with Crippen molar-refractivity contribution in [3.8, 4) is 0 Å². The second-order valence-corrected chi connectivity index (χ2v) is 5.90. The number of anilines is 1. The summed E-state index contributed by atoms with van der Waals surface area (Å²) >= 11 is 0. The summed E-state index contributed by atoms with van der Waals surface area (Å²) in [6.45, 7) is 0. The lowest BCUT2D eigenvalue weighted by atomic mass is 9.93. The van der Waals surface area contributed by atoms with Gasteiger partial charge in [0.2, 0.25) is 0 Å². The van der Waals surface area contributed by atoms with Gasteiger partial charge >= 0.3 is 12.4 Å². The third-order valence-corrected chi connectivity index (χ3v) is 4.37. The molecule has 3 rings (SSSR count). The molecule has 1 unspecified atom stereocenters.